The number of aromatic nitrogens is 4. The van der Waals surface area contributed by atoms with Gasteiger partial charge in [-0.3, -0.25) is 4.68 Å². The van der Waals surface area contributed by atoms with E-state index in [0.29, 0.717) is 10.3 Å². The third-order valence-corrected chi connectivity index (χ3v) is 3.01. The fourth-order valence-corrected chi connectivity index (χ4v) is 2.08. The lowest BCUT2D eigenvalue weighted by molar-refractivity contribution is 0.636. The zero-order valence-corrected chi connectivity index (χ0v) is 11.8. The minimum atomic E-state index is 0.451. The maximum atomic E-state index is 5.91. The summed E-state index contributed by atoms with van der Waals surface area (Å²) in [6.07, 6.45) is 5.76. The summed E-state index contributed by atoms with van der Waals surface area (Å²) in [5.41, 5.74) is 1.16. The molecular formula is C11H14ClN5S. The van der Waals surface area contributed by atoms with Gasteiger partial charge in [0.05, 0.1) is 12.7 Å². The van der Waals surface area contributed by atoms with Gasteiger partial charge in [0.25, 0.3) is 0 Å². The molecule has 0 fully saturated rings. The Morgan fingerprint density at radius 2 is 2.28 bits per heavy atom. The van der Waals surface area contributed by atoms with Crippen molar-refractivity contribution in [2.45, 2.75) is 18.6 Å². The van der Waals surface area contributed by atoms with Gasteiger partial charge in [-0.15, -0.1) is 0 Å². The van der Waals surface area contributed by atoms with Gasteiger partial charge in [-0.25, -0.2) is 9.97 Å². The molecule has 18 heavy (non-hydrogen) atoms. The van der Waals surface area contributed by atoms with E-state index in [1.807, 2.05) is 30.3 Å². The van der Waals surface area contributed by atoms with E-state index in [1.54, 1.807) is 6.07 Å². The SMILES string of the molecule is CSc1nc(Cl)cc(NCCn2cc(C)cn2)n1. The first-order valence-electron chi connectivity index (χ1n) is 5.49. The highest BCUT2D eigenvalue weighted by atomic mass is 35.5. The van der Waals surface area contributed by atoms with E-state index in [4.69, 9.17) is 11.6 Å². The highest BCUT2D eigenvalue weighted by molar-refractivity contribution is 7.98. The summed E-state index contributed by atoms with van der Waals surface area (Å²) in [4.78, 5) is 8.40. The molecule has 0 amide bonds. The minimum absolute atomic E-state index is 0.451. The summed E-state index contributed by atoms with van der Waals surface area (Å²) < 4.78 is 1.89. The predicted molar refractivity (Wildman–Crippen MR) is 74.3 cm³/mol. The average Bonchev–Trinajstić information content (AvgIpc) is 2.74. The van der Waals surface area contributed by atoms with Crippen molar-refractivity contribution in [3.63, 3.8) is 0 Å². The van der Waals surface area contributed by atoms with Gasteiger partial charge >= 0.3 is 0 Å². The third kappa shape index (κ3) is 3.61. The maximum Gasteiger partial charge on any atom is 0.190 e. The van der Waals surface area contributed by atoms with Gasteiger partial charge in [0.1, 0.15) is 11.0 Å². The van der Waals surface area contributed by atoms with Crippen LogP contribution in [0.2, 0.25) is 5.15 Å². The van der Waals surface area contributed by atoms with Crippen LogP contribution in [0, 0.1) is 6.92 Å². The second-order valence-corrected chi connectivity index (χ2v) is 4.93. The molecule has 0 aromatic carbocycles. The fraction of sp³-hybridized carbons (Fsp3) is 0.364. The molecule has 96 valence electrons. The van der Waals surface area contributed by atoms with Crippen molar-refractivity contribution in [2.75, 3.05) is 18.1 Å². The van der Waals surface area contributed by atoms with E-state index >= 15 is 0 Å². The molecule has 5 nitrogen and oxygen atoms in total. The van der Waals surface area contributed by atoms with Crippen LogP contribution in [-0.4, -0.2) is 32.5 Å². The van der Waals surface area contributed by atoms with Crippen LogP contribution in [0.3, 0.4) is 0 Å². The van der Waals surface area contributed by atoms with E-state index in [2.05, 4.69) is 20.4 Å². The Labute approximate surface area is 115 Å². The van der Waals surface area contributed by atoms with Gasteiger partial charge < -0.3 is 5.32 Å². The van der Waals surface area contributed by atoms with E-state index in [-0.39, 0.29) is 0 Å². The second kappa shape index (κ2) is 6.06. The van der Waals surface area contributed by atoms with Crippen LogP contribution >= 0.6 is 23.4 Å². The highest BCUT2D eigenvalue weighted by Gasteiger charge is 2.02. The van der Waals surface area contributed by atoms with Crippen LogP contribution < -0.4 is 5.32 Å². The number of hydrogen-bond acceptors (Lipinski definition) is 5. The number of nitrogens with zero attached hydrogens (tertiary/aromatic N) is 4. The summed E-state index contributed by atoms with van der Waals surface area (Å²) in [5.74, 6) is 0.739. The molecular weight excluding hydrogens is 270 g/mol. The molecule has 2 rings (SSSR count). The lowest BCUT2D eigenvalue weighted by atomic mass is 10.4. The van der Waals surface area contributed by atoms with Crippen molar-refractivity contribution in [1.29, 1.82) is 0 Å². The van der Waals surface area contributed by atoms with Crippen LogP contribution in [0.5, 0.6) is 0 Å². The Morgan fingerprint density at radius 3 is 2.94 bits per heavy atom. The number of nitrogens with one attached hydrogen (secondary N) is 1. The molecule has 0 unspecified atom stereocenters. The first kappa shape index (κ1) is 13.2. The van der Waals surface area contributed by atoms with Crippen molar-refractivity contribution in [1.82, 2.24) is 19.7 Å². The lowest BCUT2D eigenvalue weighted by Gasteiger charge is -2.07. The first-order chi connectivity index (χ1) is 8.67. The van der Waals surface area contributed by atoms with Gasteiger partial charge in [-0.1, -0.05) is 23.4 Å². The topological polar surface area (TPSA) is 55.6 Å². The summed E-state index contributed by atoms with van der Waals surface area (Å²) in [6, 6.07) is 1.72. The smallest absolute Gasteiger partial charge is 0.190 e. The Balaban J connectivity index is 1.91. The molecule has 2 heterocycles. The molecule has 0 bridgehead atoms. The van der Waals surface area contributed by atoms with Crippen LogP contribution in [0.1, 0.15) is 5.56 Å². The van der Waals surface area contributed by atoms with Crippen molar-refractivity contribution in [2.24, 2.45) is 0 Å². The average molecular weight is 284 g/mol. The molecule has 7 heteroatoms. The van der Waals surface area contributed by atoms with E-state index < -0.39 is 0 Å². The molecule has 0 saturated heterocycles. The number of halogens is 1. The van der Waals surface area contributed by atoms with Gasteiger partial charge in [0.15, 0.2) is 5.16 Å². The first-order valence-corrected chi connectivity index (χ1v) is 7.09. The Morgan fingerprint density at radius 1 is 1.44 bits per heavy atom. The van der Waals surface area contributed by atoms with Gasteiger partial charge in [-0.05, 0) is 18.7 Å². The Bertz CT molecular complexity index is 528. The number of rotatable bonds is 5. The molecule has 0 aliphatic heterocycles. The molecule has 0 atom stereocenters. The summed E-state index contributed by atoms with van der Waals surface area (Å²) in [7, 11) is 0. The van der Waals surface area contributed by atoms with E-state index in [9.17, 15) is 0 Å². The monoisotopic (exact) mass is 283 g/mol. The Hall–Kier alpha value is -1.27. The zero-order valence-electron chi connectivity index (χ0n) is 10.2. The Kier molecular flexibility index (Phi) is 4.43. The van der Waals surface area contributed by atoms with Crippen LogP contribution in [-0.2, 0) is 6.54 Å². The van der Waals surface area contributed by atoms with Crippen LogP contribution in [0.4, 0.5) is 5.82 Å². The van der Waals surface area contributed by atoms with Crippen molar-refractivity contribution >= 4 is 29.2 Å². The largest absolute Gasteiger partial charge is 0.368 e. The number of anilines is 1. The van der Waals surface area contributed by atoms with E-state index in [1.165, 1.54) is 11.8 Å². The third-order valence-electron chi connectivity index (χ3n) is 2.27. The maximum absolute atomic E-state index is 5.91. The standard InChI is InChI=1S/C11H14ClN5S/c1-8-6-14-17(7-8)4-3-13-10-5-9(12)15-11(16-10)18-2/h5-7H,3-4H2,1-2H3,(H,13,15,16). The normalized spacial score (nSPS) is 10.6. The number of aryl methyl sites for hydroxylation is 1. The minimum Gasteiger partial charge on any atom is -0.368 e. The molecule has 0 spiro atoms. The molecule has 0 saturated carbocycles. The molecule has 0 aliphatic carbocycles. The van der Waals surface area contributed by atoms with Crippen LogP contribution in [0.25, 0.3) is 0 Å². The number of thioether (sulfide) groups is 1. The molecule has 2 aromatic heterocycles. The summed E-state index contributed by atoms with van der Waals surface area (Å²) in [6.45, 7) is 3.54. The highest BCUT2D eigenvalue weighted by Crippen LogP contribution is 2.16. The van der Waals surface area contributed by atoms with Gasteiger partial charge in [0, 0.05) is 18.8 Å². The molecule has 0 radical (unpaired) electrons. The zero-order chi connectivity index (χ0) is 13.0. The molecule has 0 aliphatic rings. The summed E-state index contributed by atoms with van der Waals surface area (Å²) in [5, 5.41) is 8.54. The number of hydrogen-bond donors (Lipinski definition) is 1. The lowest BCUT2D eigenvalue weighted by Crippen LogP contribution is -2.12. The van der Waals surface area contributed by atoms with Crippen molar-refractivity contribution in [3.05, 3.63) is 29.2 Å². The molecule has 1 N–H and O–H groups in total. The van der Waals surface area contributed by atoms with Gasteiger partial charge in [0.2, 0.25) is 0 Å². The van der Waals surface area contributed by atoms with Crippen molar-refractivity contribution < 1.29 is 0 Å². The summed E-state index contributed by atoms with van der Waals surface area (Å²) >= 11 is 7.37. The fourth-order valence-electron chi connectivity index (χ4n) is 1.47. The van der Waals surface area contributed by atoms with Gasteiger partial charge in [-0.2, -0.15) is 5.10 Å². The van der Waals surface area contributed by atoms with Crippen LogP contribution in [0.15, 0.2) is 23.6 Å². The predicted octanol–water partition coefficient (Wildman–Crippen LogP) is 2.47. The van der Waals surface area contributed by atoms with Crippen molar-refractivity contribution in [3.8, 4) is 0 Å². The molecule has 2 aromatic rings. The van der Waals surface area contributed by atoms with E-state index in [0.717, 1.165) is 24.5 Å². The quantitative estimate of drug-likeness (QED) is 0.519. The second-order valence-electron chi connectivity index (χ2n) is 3.77.